The van der Waals surface area contributed by atoms with E-state index in [-0.39, 0.29) is 24.1 Å². The predicted octanol–water partition coefficient (Wildman–Crippen LogP) is 11.7. The van der Waals surface area contributed by atoms with Crippen molar-refractivity contribution in [3.05, 3.63) is 95.1 Å². The summed E-state index contributed by atoms with van der Waals surface area (Å²) in [6.07, 6.45) is 22.7. The minimum atomic E-state index is -0.547. The van der Waals surface area contributed by atoms with Gasteiger partial charge in [0.25, 0.3) is 0 Å². The first-order valence-electron chi connectivity index (χ1n) is 20.8. The fraction of sp³-hybridized carbons (Fsp3) is 0.617. The molecule has 2 fully saturated rings. The Bertz CT molecular complexity index is 1320. The van der Waals surface area contributed by atoms with Gasteiger partial charge in [-0.1, -0.05) is 127 Å². The van der Waals surface area contributed by atoms with E-state index in [1.165, 1.54) is 112 Å². The number of rotatable bonds is 22. The molecule has 0 aliphatic heterocycles. The third kappa shape index (κ3) is 13.7. The second-order valence-electron chi connectivity index (χ2n) is 15.8. The first-order valence-corrected chi connectivity index (χ1v) is 20.8. The van der Waals surface area contributed by atoms with Gasteiger partial charge in [-0.3, -0.25) is 0 Å². The van der Waals surface area contributed by atoms with E-state index in [0.717, 1.165) is 31.1 Å². The highest BCUT2D eigenvalue weighted by atomic mass is 16.5. The van der Waals surface area contributed by atoms with Gasteiger partial charge in [0.15, 0.2) is 0 Å². The van der Waals surface area contributed by atoms with Crippen molar-refractivity contribution in [2.75, 3.05) is 19.8 Å². The first kappa shape index (κ1) is 41.6. The van der Waals surface area contributed by atoms with Crippen molar-refractivity contribution in [3.63, 3.8) is 0 Å². The molecule has 52 heavy (non-hydrogen) atoms. The molecule has 0 bridgehead atoms. The van der Waals surface area contributed by atoms with Crippen LogP contribution >= 0.6 is 0 Å². The van der Waals surface area contributed by atoms with E-state index < -0.39 is 12.6 Å². The van der Waals surface area contributed by atoms with Gasteiger partial charge >= 0.3 is 11.9 Å². The molecule has 0 radical (unpaired) electrons. The molecule has 0 aromatic heterocycles. The maximum Gasteiger partial charge on any atom is 0.335 e. The van der Waals surface area contributed by atoms with Crippen LogP contribution in [-0.4, -0.2) is 36.9 Å². The zero-order chi connectivity index (χ0) is 37.1. The molecule has 4 rings (SSSR count). The molecular weight excluding hydrogens is 645 g/mol. The molecule has 2 aromatic carbocycles. The molecule has 1 unspecified atom stereocenters. The smallest absolute Gasteiger partial charge is 0.335 e. The zero-order valence-electron chi connectivity index (χ0n) is 32.6. The molecule has 0 spiro atoms. The normalized spacial score (nSPS) is 20.9. The Hall–Kier alpha value is -3.18. The number of benzene rings is 2. The number of hydrogen-bond donors (Lipinski definition) is 1. The quantitative estimate of drug-likeness (QED) is 0.0747. The average molecular weight is 713 g/mol. The highest BCUT2D eigenvalue weighted by Crippen LogP contribution is 2.41. The zero-order valence-corrected chi connectivity index (χ0v) is 32.6. The first-order chi connectivity index (χ1) is 25.3. The summed E-state index contributed by atoms with van der Waals surface area (Å²) in [5.41, 5.74) is 6.29. The predicted molar refractivity (Wildman–Crippen MR) is 214 cm³/mol. The van der Waals surface area contributed by atoms with Crippen LogP contribution in [0.15, 0.2) is 72.8 Å². The fourth-order valence-corrected chi connectivity index (χ4v) is 8.50. The van der Waals surface area contributed by atoms with E-state index in [1.54, 1.807) is 0 Å². The van der Waals surface area contributed by atoms with Gasteiger partial charge in [0.1, 0.15) is 0 Å². The summed E-state index contributed by atoms with van der Waals surface area (Å²) in [6, 6.07) is 18.8. The van der Waals surface area contributed by atoms with Gasteiger partial charge in [0.2, 0.25) is 0 Å². The topological polar surface area (TPSA) is 72.8 Å². The van der Waals surface area contributed by atoms with Gasteiger partial charge in [-0.25, -0.2) is 9.59 Å². The Morgan fingerprint density at radius 3 is 1.67 bits per heavy atom. The second kappa shape index (κ2) is 22.8. The van der Waals surface area contributed by atoms with Crippen LogP contribution in [0.25, 0.3) is 0 Å². The number of carbonyl (C=O) groups excluding carboxylic acids is 2. The third-order valence-corrected chi connectivity index (χ3v) is 12.1. The number of aryl methyl sites for hydroxylation is 1. The Labute approximate surface area is 315 Å². The summed E-state index contributed by atoms with van der Waals surface area (Å²) in [5.74, 6) is 2.57. The molecule has 0 saturated heterocycles. The summed E-state index contributed by atoms with van der Waals surface area (Å²) in [5, 5.41) is 9.13. The van der Waals surface area contributed by atoms with E-state index >= 15 is 0 Å². The Kier molecular flexibility index (Phi) is 18.2. The highest BCUT2D eigenvalue weighted by Gasteiger charge is 2.25. The number of hydrogen-bond acceptors (Lipinski definition) is 5. The Balaban J connectivity index is 1.22. The van der Waals surface area contributed by atoms with Crippen molar-refractivity contribution >= 4 is 11.9 Å². The second-order valence-corrected chi connectivity index (χ2v) is 15.8. The molecule has 2 aliphatic rings. The molecule has 1 N–H and O–H groups in total. The molecule has 2 aromatic rings. The summed E-state index contributed by atoms with van der Waals surface area (Å²) < 4.78 is 10.7. The van der Waals surface area contributed by atoms with Crippen LogP contribution in [0, 0.1) is 11.8 Å². The lowest BCUT2D eigenvalue weighted by Crippen LogP contribution is -2.15. The molecule has 5 heteroatoms. The molecule has 5 nitrogen and oxygen atoms in total. The number of unbranched alkanes of at least 4 members (excludes halogenated alkanes) is 2. The van der Waals surface area contributed by atoms with Crippen molar-refractivity contribution in [3.8, 4) is 0 Å². The van der Waals surface area contributed by atoms with Crippen molar-refractivity contribution < 1.29 is 24.2 Å². The number of esters is 2. The lowest BCUT2D eigenvalue weighted by molar-refractivity contribution is -0.140. The van der Waals surface area contributed by atoms with Crippen molar-refractivity contribution in [2.45, 2.75) is 154 Å². The molecule has 2 saturated carbocycles. The van der Waals surface area contributed by atoms with E-state index in [2.05, 4.69) is 68.6 Å². The van der Waals surface area contributed by atoms with Crippen LogP contribution in [-0.2, 0) is 25.5 Å². The lowest BCUT2D eigenvalue weighted by Gasteiger charge is -2.30. The van der Waals surface area contributed by atoms with Crippen LogP contribution in [0.2, 0.25) is 0 Å². The lowest BCUT2D eigenvalue weighted by atomic mass is 9.75. The van der Waals surface area contributed by atoms with Crippen LogP contribution in [0.1, 0.15) is 169 Å². The molecule has 2 aliphatic carbocycles. The van der Waals surface area contributed by atoms with Crippen molar-refractivity contribution in [2.24, 2.45) is 11.8 Å². The fourth-order valence-electron chi connectivity index (χ4n) is 8.50. The Morgan fingerprint density at radius 1 is 0.673 bits per heavy atom. The third-order valence-electron chi connectivity index (χ3n) is 12.1. The average Bonchev–Trinajstić information content (AvgIpc) is 3.19. The molecule has 286 valence electrons. The molecule has 0 heterocycles. The van der Waals surface area contributed by atoms with E-state index in [4.69, 9.17) is 14.6 Å². The van der Waals surface area contributed by atoms with Gasteiger partial charge in [-0.05, 0) is 122 Å². The van der Waals surface area contributed by atoms with E-state index in [9.17, 15) is 9.59 Å². The highest BCUT2D eigenvalue weighted by molar-refractivity contribution is 5.88. The van der Waals surface area contributed by atoms with Gasteiger partial charge in [-0.15, -0.1) is 0 Å². The maximum absolute atomic E-state index is 12.1. The summed E-state index contributed by atoms with van der Waals surface area (Å²) in [4.78, 5) is 24.0. The number of ether oxygens (including phenoxy) is 2. The number of carbonyl (C=O) groups is 2. The molecule has 1 atom stereocenters. The van der Waals surface area contributed by atoms with E-state index in [1.807, 2.05) is 6.92 Å². The van der Waals surface area contributed by atoms with Crippen LogP contribution in [0.5, 0.6) is 0 Å². The minimum absolute atomic E-state index is 0.0699. The van der Waals surface area contributed by atoms with Gasteiger partial charge in [-0.2, -0.15) is 0 Å². The number of aliphatic hydroxyl groups is 1. The SMILES string of the molecule is C=C(CC)C(=O)OCCCC(CCCOC(=O)C(=C)CO)c1ccc(C2CCC(c3ccc(CCC4CCC(CCCCC)CC4)cc3)CC2)cc1. The maximum atomic E-state index is 12.1. The largest absolute Gasteiger partial charge is 0.462 e. The summed E-state index contributed by atoms with van der Waals surface area (Å²) in [6.45, 7) is 11.8. The minimum Gasteiger partial charge on any atom is -0.462 e. The summed E-state index contributed by atoms with van der Waals surface area (Å²) >= 11 is 0. The van der Waals surface area contributed by atoms with Crippen LogP contribution < -0.4 is 0 Å². The Morgan fingerprint density at radius 2 is 1.17 bits per heavy atom. The molecular formula is C47H68O5. The number of aliphatic hydroxyl groups excluding tert-OH is 1. The van der Waals surface area contributed by atoms with E-state index in [0.29, 0.717) is 36.9 Å². The molecule has 0 amide bonds. The van der Waals surface area contributed by atoms with Crippen molar-refractivity contribution in [1.29, 1.82) is 0 Å². The monoisotopic (exact) mass is 713 g/mol. The van der Waals surface area contributed by atoms with Crippen molar-refractivity contribution in [1.82, 2.24) is 0 Å². The standard InChI is InChI=1S/C47H68O5/c1-5-7-8-11-37-14-16-38(17-15-37)18-19-39-20-22-41(23-21-39)43-28-30-45(31-29-43)44-26-24-42(25-27-44)40(12-9-32-51-46(49)35(3)6-2)13-10-33-52-47(50)36(4)34-48/h20-27,37-38,40,43,45,48H,3-19,28-34H2,1-2H3. The van der Waals surface area contributed by atoms with Gasteiger partial charge in [0.05, 0.1) is 25.4 Å². The van der Waals surface area contributed by atoms with Crippen LogP contribution in [0.4, 0.5) is 0 Å². The summed E-state index contributed by atoms with van der Waals surface area (Å²) in [7, 11) is 0. The van der Waals surface area contributed by atoms with Crippen LogP contribution in [0.3, 0.4) is 0 Å². The van der Waals surface area contributed by atoms with Gasteiger partial charge < -0.3 is 14.6 Å². The van der Waals surface area contributed by atoms with Gasteiger partial charge in [0, 0.05) is 5.57 Å².